The highest BCUT2D eigenvalue weighted by Crippen LogP contribution is 2.20. The van der Waals surface area contributed by atoms with Gasteiger partial charge in [-0.15, -0.1) is 0 Å². The van der Waals surface area contributed by atoms with Gasteiger partial charge in [0.05, 0.1) is 7.11 Å². The number of benzene rings is 1. The molecule has 0 saturated carbocycles. The number of nitrogens with one attached hydrogen (secondary N) is 2. The average molecular weight is 248 g/mol. The molecule has 4 nitrogen and oxygen atoms in total. The molecule has 0 aliphatic carbocycles. The fourth-order valence-corrected chi connectivity index (χ4v) is 2.37. The second-order valence-corrected chi connectivity index (χ2v) is 4.66. The van der Waals surface area contributed by atoms with Gasteiger partial charge in [-0.1, -0.05) is 30.3 Å². The second kappa shape index (κ2) is 5.98. The van der Waals surface area contributed by atoms with Crippen molar-refractivity contribution >= 4 is 5.97 Å². The smallest absolute Gasteiger partial charge is 0.326 e. The summed E-state index contributed by atoms with van der Waals surface area (Å²) in [6.45, 7) is 2.38. The molecule has 1 aliphatic heterocycles. The van der Waals surface area contributed by atoms with E-state index in [2.05, 4.69) is 22.8 Å². The number of hydrogen-bond donors (Lipinski definition) is 2. The highest BCUT2D eigenvalue weighted by molar-refractivity contribution is 5.81. The summed E-state index contributed by atoms with van der Waals surface area (Å²) < 4.78 is 4.95. The van der Waals surface area contributed by atoms with Crippen LogP contribution in [-0.4, -0.2) is 31.7 Å². The summed E-state index contributed by atoms with van der Waals surface area (Å²) in [6, 6.07) is 10.1. The minimum Gasteiger partial charge on any atom is -0.468 e. The SMILES string of the molecule is COC(=O)C1(NCc2ccccc2)CCNCC1. The molecule has 1 fully saturated rings. The third-order valence-electron chi connectivity index (χ3n) is 3.51. The maximum Gasteiger partial charge on any atom is 0.326 e. The summed E-state index contributed by atoms with van der Waals surface area (Å²) in [4.78, 5) is 12.0. The molecule has 1 aliphatic rings. The Morgan fingerprint density at radius 3 is 2.61 bits per heavy atom. The molecular formula is C14H20N2O2. The van der Waals surface area contributed by atoms with Crippen molar-refractivity contribution < 1.29 is 9.53 Å². The van der Waals surface area contributed by atoms with E-state index in [0.29, 0.717) is 6.54 Å². The van der Waals surface area contributed by atoms with Crippen molar-refractivity contribution in [2.75, 3.05) is 20.2 Å². The first-order valence-corrected chi connectivity index (χ1v) is 6.35. The van der Waals surface area contributed by atoms with Gasteiger partial charge in [-0.05, 0) is 31.5 Å². The molecule has 1 aromatic carbocycles. The van der Waals surface area contributed by atoms with E-state index < -0.39 is 5.54 Å². The summed E-state index contributed by atoms with van der Waals surface area (Å²) >= 11 is 0. The van der Waals surface area contributed by atoms with Gasteiger partial charge in [0, 0.05) is 6.54 Å². The lowest BCUT2D eigenvalue weighted by molar-refractivity contribution is -0.150. The molecule has 1 saturated heterocycles. The maximum atomic E-state index is 12.0. The zero-order valence-electron chi connectivity index (χ0n) is 10.7. The lowest BCUT2D eigenvalue weighted by Crippen LogP contribution is -2.57. The highest BCUT2D eigenvalue weighted by Gasteiger charge is 2.40. The van der Waals surface area contributed by atoms with E-state index in [1.165, 1.54) is 12.7 Å². The molecule has 0 spiro atoms. The molecule has 0 atom stereocenters. The summed E-state index contributed by atoms with van der Waals surface area (Å²) in [5.41, 5.74) is 0.648. The van der Waals surface area contributed by atoms with Gasteiger partial charge in [-0.3, -0.25) is 10.1 Å². The standard InChI is InChI=1S/C14H20N2O2/c1-18-13(17)14(7-9-15-10-8-14)16-11-12-5-3-2-4-6-12/h2-6,15-16H,7-11H2,1H3. The number of carbonyl (C=O) groups excluding carboxylic acids is 1. The van der Waals surface area contributed by atoms with Crippen LogP contribution in [0, 0.1) is 0 Å². The number of rotatable bonds is 4. The van der Waals surface area contributed by atoms with Crippen LogP contribution < -0.4 is 10.6 Å². The molecule has 1 aromatic rings. The number of hydrogen-bond acceptors (Lipinski definition) is 4. The lowest BCUT2D eigenvalue weighted by Gasteiger charge is -2.35. The molecule has 2 rings (SSSR count). The molecule has 0 amide bonds. The van der Waals surface area contributed by atoms with Gasteiger partial charge in [-0.25, -0.2) is 0 Å². The zero-order chi connectivity index (χ0) is 12.8. The first kappa shape index (κ1) is 13.1. The Balaban J connectivity index is 2.04. The Kier molecular flexibility index (Phi) is 4.33. The third kappa shape index (κ3) is 2.89. The van der Waals surface area contributed by atoms with Crippen molar-refractivity contribution in [2.24, 2.45) is 0 Å². The van der Waals surface area contributed by atoms with E-state index in [1.54, 1.807) is 0 Å². The topological polar surface area (TPSA) is 50.4 Å². The minimum absolute atomic E-state index is 0.153. The van der Waals surface area contributed by atoms with Gasteiger partial charge in [0.15, 0.2) is 0 Å². The van der Waals surface area contributed by atoms with E-state index in [4.69, 9.17) is 4.74 Å². The Labute approximate surface area is 108 Å². The second-order valence-electron chi connectivity index (χ2n) is 4.66. The van der Waals surface area contributed by atoms with Crippen LogP contribution in [0.4, 0.5) is 0 Å². The molecular weight excluding hydrogens is 228 g/mol. The van der Waals surface area contributed by atoms with Gasteiger partial charge in [-0.2, -0.15) is 0 Å². The van der Waals surface area contributed by atoms with Crippen LogP contribution >= 0.6 is 0 Å². The van der Waals surface area contributed by atoms with Crippen molar-refractivity contribution in [2.45, 2.75) is 24.9 Å². The first-order chi connectivity index (χ1) is 8.77. The summed E-state index contributed by atoms with van der Waals surface area (Å²) in [7, 11) is 1.45. The normalized spacial score (nSPS) is 18.3. The largest absolute Gasteiger partial charge is 0.468 e. The molecule has 0 unspecified atom stereocenters. The van der Waals surface area contributed by atoms with E-state index in [0.717, 1.165) is 25.9 Å². The predicted molar refractivity (Wildman–Crippen MR) is 70.1 cm³/mol. The quantitative estimate of drug-likeness (QED) is 0.783. The van der Waals surface area contributed by atoms with Crippen molar-refractivity contribution in [3.63, 3.8) is 0 Å². The van der Waals surface area contributed by atoms with Crippen molar-refractivity contribution in [1.82, 2.24) is 10.6 Å². The minimum atomic E-state index is -0.532. The summed E-state index contributed by atoms with van der Waals surface area (Å²) in [6.07, 6.45) is 1.54. The molecule has 1 heterocycles. The van der Waals surface area contributed by atoms with E-state index in [-0.39, 0.29) is 5.97 Å². The molecule has 0 bridgehead atoms. The summed E-state index contributed by atoms with van der Waals surface area (Å²) in [5.74, 6) is -0.153. The van der Waals surface area contributed by atoms with Crippen LogP contribution in [0.15, 0.2) is 30.3 Å². The Morgan fingerprint density at radius 2 is 2.00 bits per heavy atom. The number of carbonyl (C=O) groups is 1. The molecule has 0 aromatic heterocycles. The van der Waals surface area contributed by atoms with Gasteiger partial charge in [0.25, 0.3) is 0 Å². The zero-order valence-corrected chi connectivity index (χ0v) is 10.7. The predicted octanol–water partition coefficient (Wildman–Crippen LogP) is 1.07. The maximum absolute atomic E-state index is 12.0. The number of ether oxygens (including phenoxy) is 1. The van der Waals surface area contributed by atoms with Gasteiger partial charge in [0.1, 0.15) is 5.54 Å². The first-order valence-electron chi connectivity index (χ1n) is 6.35. The van der Waals surface area contributed by atoms with Crippen LogP contribution in [0.5, 0.6) is 0 Å². The van der Waals surface area contributed by atoms with Gasteiger partial charge < -0.3 is 10.1 Å². The van der Waals surface area contributed by atoms with Crippen molar-refractivity contribution in [3.8, 4) is 0 Å². The van der Waals surface area contributed by atoms with Crippen LogP contribution in [-0.2, 0) is 16.1 Å². The van der Waals surface area contributed by atoms with E-state index in [1.807, 2.05) is 18.2 Å². The molecule has 98 valence electrons. The Hall–Kier alpha value is -1.39. The molecule has 2 N–H and O–H groups in total. The average Bonchev–Trinajstić information content (AvgIpc) is 2.46. The fourth-order valence-electron chi connectivity index (χ4n) is 2.37. The Morgan fingerprint density at radius 1 is 1.33 bits per heavy atom. The van der Waals surface area contributed by atoms with Gasteiger partial charge >= 0.3 is 5.97 Å². The number of piperidine rings is 1. The third-order valence-corrected chi connectivity index (χ3v) is 3.51. The Bertz CT molecular complexity index is 386. The van der Waals surface area contributed by atoms with E-state index in [9.17, 15) is 4.79 Å². The van der Waals surface area contributed by atoms with Crippen LogP contribution in [0.1, 0.15) is 18.4 Å². The molecule has 4 heteroatoms. The number of esters is 1. The fraction of sp³-hybridized carbons (Fsp3) is 0.500. The van der Waals surface area contributed by atoms with Crippen LogP contribution in [0.2, 0.25) is 0 Å². The highest BCUT2D eigenvalue weighted by atomic mass is 16.5. The van der Waals surface area contributed by atoms with E-state index >= 15 is 0 Å². The van der Waals surface area contributed by atoms with Crippen LogP contribution in [0.3, 0.4) is 0 Å². The van der Waals surface area contributed by atoms with Gasteiger partial charge in [0.2, 0.25) is 0 Å². The lowest BCUT2D eigenvalue weighted by atomic mass is 9.88. The summed E-state index contributed by atoms with van der Waals surface area (Å²) in [5, 5.41) is 6.66. The monoisotopic (exact) mass is 248 g/mol. The number of methoxy groups -OCH3 is 1. The van der Waals surface area contributed by atoms with Crippen molar-refractivity contribution in [3.05, 3.63) is 35.9 Å². The van der Waals surface area contributed by atoms with Crippen LogP contribution in [0.25, 0.3) is 0 Å². The van der Waals surface area contributed by atoms with Crippen molar-refractivity contribution in [1.29, 1.82) is 0 Å². The molecule has 0 radical (unpaired) electrons. The molecule has 18 heavy (non-hydrogen) atoms.